The SMILES string of the molecule is CC1CCNC(C(F)(F)F)C1. The van der Waals surface area contributed by atoms with Gasteiger partial charge in [0, 0.05) is 0 Å². The summed E-state index contributed by atoms with van der Waals surface area (Å²) in [5.41, 5.74) is 0. The quantitative estimate of drug-likeness (QED) is 0.581. The monoisotopic (exact) mass is 167 g/mol. The molecule has 1 saturated heterocycles. The lowest BCUT2D eigenvalue weighted by Crippen LogP contribution is -2.47. The van der Waals surface area contributed by atoms with Crippen molar-refractivity contribution in [3.63, 3.8) is 0 Å². The fourth-order valence-electron chi connectivity index (χ4n) is 1.36. The van der Waals surface area contributed by atoms with Crippen molar-refractivity contribution < 1.29 is 13.2 Å². The summed E-state index contributed by atoms with van der Waals surface area (Å²) in [7, 11) is 0. The highest BCUT2D eigenvalue weighted by Crippen LogP contribution is 2.28. The summed E-state index contributed by atoms with van der Waals surface area (Å²) >= 11 is 0. The standard InChI is InChI=1S/C7H12F3N/c1-5-2-3-11-6(4-5)7(8,9)10/h5-6,11H,2-4H2,1H3. The van der Waals surface area contributed by atoms with Crippen molar-refractivity contribution in [2.24, 2.45) is 5.92 Å². The summed E-state index contributed by atoms with van der Waals surface area (Å²) in [6.45, 7) is 2.35. The summed E-state index contributed by atoms with van der Waals surface area (Å²) in [4.78, 5) is 0. The van der Waals surface area contributed by atoms with E-state index in [0.29, 0.717) is 6.54 Å². The molecule has 1 rings (SSSR count). The largest absolute Gasteiger partial charge is 0.403 e. The third-order valence-corrected chi connectivity index (χ3v) is 2.06. The molecule has 1 fully saturated rings. The van der Waals surface area contributed by atoms with E-state index in [1.54, 1.807) is 0 Å². The van der Waals surface area contributed by atoms with Gasteiger partial charge in [0.15, 0.2) is 0 Å². The molecule has 0 spiro atoms. The summed E-state index contributed by atoms with van der Waals surface area (Å²) in [5.74, 6) is 0.197. The van der Waals surface area contributed by atoms with Gasteiger partial charge in [-0.1, -0.05) is 6.92 Å². The Morgan fingerprint density at radius 1 is 1.36 bits per heavy atom. The first-order valence-electron chi connectivity index (χ1n) is 3.80. The number of alkyl halides is 3. The van der Waals surface area contributed by atoms with Crippen molar-refractivity contribution in [3.8, 4) is 0 Å². The first-order valence-corrected chi connectivity index (χ1v) is 3.80. The van der Waals surface area contributed by atoms with Crippen LogP contribution in [-0.2, 0) is 0 Å². The molecule has 66 valence electrons. The van der Waals surface area contributed by atoms with Gasteiger partial charge in [0.1, 0.15) is 6.04 Å². The lowest BCUT2D eigenvalue weighted by molar-refractivity contribution is -0.163. The van der Waals surface area contributed by atoms with Crippen LogP contribution >= 0.6 is 0 Å². The van der Waals surface area contributed by atoms with Crippen molar-refractivity contribution in [2.75, 3.05) is 6.54 Å². The first-order chi connectivity index (χ1) is 5.00. The van der Waals surface area contributed by atoms with Crippen molar-refractivity contribution in [1.82, 2.24) is 5.32 Å². The van der Waals surface area contributed by atoms with Crippen LogP contribution in [0.2, 0.25) is 0 Å². The topological polar surface area (TPSA) is 12.0 Å². The minimum atomic E-state index is -4.06. The Morgan fingerprint density at radius 3 is 2.36 bits per heavy atom. The third-order valence-electron chi connectivity index (χ3n) is 2.06. The van der Waals surface area contributed by atoms with Crippen molar-refractivity contribution >= 4 is 0 Å². The Kier molecular flexibility index (Phi) is 2.42. The van der Waals surface area contributed by atoms with Gasteiger partial charge in [0.2, 0.25) is 0 Å². The molecule has 0 aromatic heterocycles. The van der Waals surface area contributed by atoms with Crippen LogP contribution < -0.4 is 5.32 Å². The van der Waals surface area contributed by atoms with Crippen LogP contribution in [0.5, 0.6) is 0 Å². The van der Waals surface area contributed by atoms with Gasteiger partial charge < -0.3 is 5.32 Å². The van der Waals surface area contributed by atoms with Crippen LogP contribution in [0, 0.1) is 5.92 Å². The molecular weight excluding hydrogens is 155 g/mol. The van der Waals surface area contributed by atoms with Gasteiger partial charge in [-0.05, 0) is 25.3 Å². The predicted molar refractivity (Wildman–Crippen MR) is 36.2 cm³/mol. The van der Waals surface area contributed by atoms with E-state index < -0.39 is 12.2 Å². The third kappa shape index (κ3) is 2.36. The minimum absolute atomic E-state index is 0.197. The van der Waals surface area contributed by atoms with Crippen LogP contribution in [0.25, 0.3) is 0 Å². The lowest BCUT2D eigenvalue weighted by atomic mass is 9.94. The number of rotatable bonds is 0. The number of hydrogen-bond donors (Lipinski definition) is 1. The highest BCUT2D eigenvalue weighted by Gasteiger charge is 2.41. The fourth-order valence-corrected chi connectivity index (χ4v) is 1.36. The maximum Gasteiger partial charge on any atom is 0.403 e. The molecule has 1 aliphatic rings. The molecule has 1 aliphatic heterocycles. The van der Waals surface area contributed by atoms with Crippen LogP contribution in [0.1, 0.15) is 19.8 Å². The van der Waals surface area contributed by atoms with E-state index in [1.165, 1.54) is 0 Å². The Bertz CT molecular complexity index is 132. The highest BCUT2D eigenvalue weighted by molar-refractivity contribution is 4.81. The minimum Gasteiger partial charge on any atom is -0.306 e. The van der Waals surface area contributed by atoms with Gasteiger partial charge in [-0.25, -0.2) is 0 Å². The van der Waals surface area contributed by atoms with Gasteiger partial charge in [-0.15, -0.1) is 0 Å². The molecule has 11 heavy (non-hydrogen) atoms. The van der Waals surface area contributed by atoms with E-state index >= 15 is 0 Å². The van der Waals surface area contributed by atoms with Gasteiger partial charge >= 0.3 is 6.18 Å². The summed E-state index contributed by atoms with van der Waals surface area (Å²) in [6.07, 6.45) is -2.98. The molecule has 0 aliphatic carbocycles. The molecule has 1 heterocycles. The summed E-state index contributed by atoms with van der Waals surface area (Å²) < 4.78 is 36.2. The number of hydrogen-bond acceptors (Lipinski definition) is 1. The van der Waals surface area contributed by atoms with Crippen LogP contribution in [0.15, 0.2) is 0 Å². The molecule has 0 aromatic rings. The second kappa shape index (κ2) is 3.01. The Balaban J connectivity index is 2.46. The molecule has 0 bridgehead atoms. The number of halogens is 3. The normalized spacial score (nSPS) is 33.8. The van der Waals surface area contributed by atoms with E-state index in [2.05, 4.69) is 5.32 Å². The van der Waals surface area contributed by atoms with E-state index in [-0.39, 0.29) is 12.3 Å². The highest BCUT2D eigenvalue weighted by atomic mass is 19.4. The Labute approximate surface area is 64.0 Å². The maximum atomic E-state index is 12.1. The molecule has 1 N–H and O–H groups in total. The molecule has 0 radical (unpaired) electrons. The molecule has 0 saturated carbocycles. The van der Waals surface area contributed by atoms with Crippen molar-refractivity contribution in [2.45, 2.75) is 32.0 Å². The number of nitrogens with one attached hydrogen (secondary N) is 1. The smallest absolute Gasteiger partial charge is 0.306 e. The number of piperidine rings is 1. The molecule has 0 aromatic carbocycles. The average Bonchev–Trinajstić information content (AvgIpc) is 1.86. The van der Waals surface area contributed by atoms with E-state index in [1.807, 2.05) is 6.92 Å². The maximum absolute atomic E-state index is 12.1. The van der Waals surface area contributed by atoms with Crippen LogP contribution in [0.4, 0.5) is 13.2 Å². The first kappa shape index (κ1) is 8.84. The van der Waals surface area contributed by atoms with Crippen molar-refractivity contribution in [1.29, 1.82) is 0 Å². The van der Waals surface area contributed by atoms with Gasteiger partial charge in [-0.2, -0.15) is 13.2 Å². The van der Waals surface area contributed by atoms with Gasteiger partial charge in [0.05, 0.1) is 0 Å². The van der Waals surface area contributed by atoms with Gasteiger partial charge in [0.25, 0.3) is 0 Å². The molecular formula is C7H12F3N. The van der Waals surface area contributed by atoms with Crippen LogP contribution in [-0.4, -0.2) is 18.8 Å². The molecule has 4 heteroatoms. The fraction of sp³-hybridized carbons (Fsp3) is 1.00. The summed E-state index contributed by atoms with van der Waals surface area (Å²) in [6, 6.07) is -1.27. The van der Waals surface area contributed by atoms with Gasteiger partial charge in [-0.3, -0.25) is 0 Å². The van der Waals surface area contributed by atoms with E-state index in [4.69, 9.17) is 0 Å². The molecule has 2 unspecified atom stereocenters. The predicted octanol–water partition coefficient (Wildman–Crippen LogP) is 1.94. The van der Waals surface area contributed by atoms with Crippen LogP contribution in [0.3, 0.4) is 0 Å². The zero-order valence-electron chi connectivity index (χ0n) is 6.41. The Morgan fingerprint density at radius 2 is 2.00 bits per heavy atom. The second-order valence-electron chi connectivity index (χ2n) is 3.18. The molecule has 2 atom stereocenters. The average molecular weight is 167 g/mol. The van der Waals surface area contributed by atoms with E-state index in [0.717, 1.165) is 6.42 Å². The zero-order chi connectivity index (χ0) is 8.48. The zero-order valence-corrected chi connectivity index (χ0v) is 6.41. The molecule has 1 nitrogen and oxygen atoms in total. The Hall–Kier alpha value is -0.250. The summed E-state index contributed by atoms with van der Waals surface area (Å²) in [5, 5.41) is 2.46. The second-order valence-corrected chi connectivity index (χ2v) is 3.18. The van der Waals surface area contributed by atoms with E-state index in [9.17, 15) is 13.2 Å². The lowest BCUT2D eigenvalue weighted by Gasteiger charge is -2.29. The molecule has 0 amide bonds. The van der Waals surface area contributed by atoms with Crippen molar-refractivity contribution in [3.05, 3.63) is 0 Å².